The van der Waals surface area contributed by atoms with Crippen LogP contribution in [0.4, 0.5) is 0 Å². The molecule has 0 radical (unpaired) electrons. The third-order valence-corrected chi connectivity index (χ3v) is 4.41. The summed E-state index contributed by atoms with van der Waals surface area (Å²) in [6.45, 7) is 2.82. The minimum Gasteiger partial charge on any atom is -0.484 e. The number of carbonyl (C=O) groups excluding carboxylic acids is 1. The fourth-order valence-electron chi connectivity index (χ4n) is 3.00. The highest BCUT2D eigenvalue weighted by Gasteiger charge is 2.19. The van der Waals surface area contributed by atoms with Gasteiger partial charge in [0.15, 0.2) is 18.1 Å². The summed E-state index contributed by atoms with van der Waals surface area (Å²) in [4.78, 5) is 14.6. The van der Waals surface area contributed by atoms with Gasteiger partial charge in [0.2, 0.25) is 6.79 Å². The van der Waals surface area contributed by atoms with E-state index >= 15 is 0 Å². The molecule has 0 saturated carbocycles. The fraction of sp³-hybridized carbons (Fsp3) is 0.227. The van der Waals surface area contributed by atoms with Crippen molar-refractivity contribution in [3.63, 3.8) is 0 Å². The van der Waals surface area contributed by atoms with Gasteiger partial charge >= 0.3 is 0 Å². The quantitative estimate of drug-likeness (QED) is 0.623. The largest absolute Gasteiger partial charge is 0.484 e. The first-order valence-electron chi connectivity index (χ1n) is 9.07. The van der Waals surface area contributed by atoms with Crippen molar-refractivity contribution < 1.29 is 23.4 Å². The van der Waals surface area contributed by atoms with Gasteiger partial charge in [-0.25, -0.2) is 0 Å². The number of carbonyl (C=O) groups is 1. The lowest BCUT2D eigenvalue weighted by molar-refractivity contribution is -0.134. The molecule has 1 aliphatic heterocycles. The minimum absolute atomic E-state index is 0.0474. The van der Waals surface area contributed by atoms with E-state index in [1.807, 2.05) is 67.6 Å². The highest BCUT2D eigenvalue weighted by Crippen LogP contribution is 2.33. The minimum atomic E-state index is -0.129. The van der Waals surface area contributed by atoms with E-state index in [9.17, 15) is 4.79 Å². The van der Waals surface area contributed by atoms with E-state index in [1.54, 1.807) is 4.90 Å². The molecular formula is C22H21NO5. The lowest BCUT2D eigenvalue weighted by Gasteiger charge is -2.22. The topological polar surface area (TPSA) is 61.1 Å². The first-order chi connectivity index (χ1) is 13.7. The van der Waals surface area contributed by atoms with E-state index in [1.165, 1.54) is 0 Å². The van der Waals surface area contributed by atoms with Gasteiger partial charge in [-0.15, -0.1) is 0 Å². The van der Waals surface area contributed by atoms with E-state index in [0.29, 0.717) is 24.6 Å². The number of amides is 1. The fourth-order valence-corrected chi connectivity index (χ4v) is 3.00. The van der Waals surface area contributed by atoms with Gasteiger partial charge in [0, 0.05) is 6.54 Å². The number of ether oxygens (including phenoxy) is 3. The Kier molecular flexibility index (Phi) is 5.19. The van der Waals surface area contributed by atoms with Crippen molar-refractivity contribution in [1.82, 2.24) is 4.90 Å². The van der Waals surface area contributed by atoms with Crippen LogP contribution in [0.3, 0.4) is 0 Å². The Bertz CT molecular complexity index is 951. The average molecular weight is 379 g/mol. The third kappa shape index (κ3) is 4.28. The van der Waals surface area contributed by atoms with Gasteiger partial charge in [-0.3, -0.25) is 4.79 Å². The standard InChI is InChI=1S/C22H21NO5/c1-16-7-9-19(28-16)13-23(22(24)14-25-18-5-3-2-4-6-18)12-17-8-10-20-21(11-17)27-15-26-20/h2-11H,12-15H2,1H3. The Hall–Kier alpha value is -3.41. The number of benzene rings is 2. The summed E-state index contributed by atoms with van der Waals surface area (Å²) < 4.78 is 22.1. The number of hydrogen-bond acceptors (Lipinski definition) is 5. The van der Waals surface area contributed by atoms with Crippen LogP contribution in [-0.2, 0) is 17.9 Å². The molecule has 0 atom stereocenters. The molecule has 2 heterocycles. The molecule has 4 rings (SSSR count). The first kappa shape index (κ1) is 18.0. The second kappa shape index (κ2) is 8.08. The number of para-hydroxylation sites is 1. The van der Waals surface area contributed by atoms with Gasteiger partial charge in [0.25, 0.3) is 5.91 Å². The van der Waals surface area contributed by atoms with E-state index in [2.05, 4.69) is 0 Å². The number of furan rings is 1. The normalized spacial score (nSPS) is 12.0. The highest BCUT2D eigenvalue weighted by atomic mass is 16.7. The van der Waals surface area contributed by atoms with Crippen LogP contribution in [0.25, 0.3) is 0 Å². The zero-order valence-corrected chi connectivity index (χ0v) is 15.6. The van der Waals surface area contributed by atoms with Crippen molar-refractivity contribution in [1.29, 1.82) is 0 Å². The zero-order chi connectivity index (χ0) is 19.3. The summed E-state index contributed by atoms with van der Waals surface area (Å²) in [6, 6.07) is 18.7. The van der Waals surface area contributed by atoms with Gasteiger partial charge in [-0.2, -0.15) is 0 Å². The summed E-state index contributed by atoms with van der Waals surface area (Å²) in [7, 11) is 0. The van der Waals surface area contributed by atoms with Crippen LogP contribution in [0.15, 0.2) is 65.1 Å². The van der Waals surface area contributed by atoms with E-state index in [0.717, 1.165) is 22.8 Å². The Morgan fingerprint density at radius 1 is 1.00 bits per heavy atom. The van der Waals surface area contributed by atoms with Crippen molar-refractivity contribution >= 4 is 5.91 Å². The Balaban J connectivity index is 1.48. The highest BCUT2D eigenvalue weighted by molar-refractivity contribution is 5.77. The van der Waals surface area contributed by atoms with Crippen LogP contribution in [0.2, 0.25) is 0 Å². The zero-order valence-electron chi connectivity index (χ0n) is 15.6. The van der Waals surface area contributed by atoms with Crippen LogP contribution >= 0.6 is 0 Å². The number of nitrogens with zero attached hydrogens (tertiary/aromatic N) is 1. The monoisotopic (exact) mass is 379 g/mol. The maximum Gasteiger partial charge on any atom is 0.261 e. The van der Waals surface area contributed by atoms with Crippen LogP contribution in [0.1, 0.15) is 17.1 Å². The molecule has 0 N–H and O–H groups in total. The predicted octanol–water partition coefficient (Wildman–Crippen LogP) is 3.92. The smallest absolute Gasteiger partial charge is 0.261 e. The first-order valence-corrected chi connectivity index (χ1v) is 9.07. The molecule has 1 aliphatic rings. The molecule has 0 saturated heterocycles. The summed E-state index contributed by atoms with van der Waals surface area (Å²) in [5.74, 6) is 3.48. The molecule has 6 heteroatoms. The predicted molar refractivity (Wildman–Crippen MR) is 102 cm³/mol. The molecule has 1 amide bonds. The van der Waals surface area contributed by atoms with Gasteiger partial charge < -0.3 is 23.5 Å². The molecule has 28 heavy (non-hydrogen) atoms. The maximum atomic E-state index is 12.9. The number of fused-ring (bicyclic) bond motifs is 1. The molecule has 0 spiro atoms. The lowest BCUT2D eigenvalue weighted by Crippen LogP contribution is -2.34. The van der Waals surface area contributed by atoms with Crippen LogP contribution < -0.4 is 14.2 Å². The number of aryl methyl sites for hydroxylation is 1. The van der Waals surface area contributed by atoms with Gasteiger partial charge in [-0.05, 0) is 48.9 Å². The van der Waals surface area contributed by atoms with E-state index in [-0.39, 0.29) is 19.3 Å². The molecule has 0 fully saturated rings. The van der Waals surface area contributed by atoms with Crippen molar-refractivity contribution in [2.24, 2.45) is 0 Å². The van der Waals surface area contributed by atoms with Crippen molar-refractivity contribution in [2.75, 3.05) is 13.4 Å². The molecule has 0 aliphatic carbocycles. The average Bonchev–Trinajstić information content (AvgIpc) is 3.34. The van der Waals surface area contributed by atoms with E-state index in [4.69, 9.17) is 18.6 Å². The molecule has 0 bridgehead atoms. The molecular weight excluding hydrogens is 358 g/mol. The van der Waals surface area contributed by atoms with Crippen molar-refractivity contribution in [3.05, 3.63) is 77.7 Å². The Morgan fingerprint density at radius 2 is 1.82 bits per heavy atom. The summed E-state index contributed by atoms with van der Waals surface area (Å²) in [6.07, 6.45) is 0. The van der Waals surface area contributed by atoms with Crippen LogP contribution in [0, 0.1) is 6.92 Å². The van der Waals surface area contributed by atoms with Gasteiger partial charge in [0.05, 0.1) is 6.54 Å². The molecule has 0 unspecified atom stereocenters. The van der Waals surface area contributed by atoms with Gasteiger partial charge in [0.1, 0.15) is 17.3 Å². The molecule has 1 aromatic heterocycles. The van der Waals surface area contributed by atoms with Crippen molar-refractivity contribution in [3.8, 4) is 17.2 Å². The SMILES string of the molecule is Cc1ccc(CN(Cc2ccc3c(c2)OCO3)C(=O)COc2ccccc2)o1. The van der Waals surface area contributed by atoms with Crippen molar-refractivity contribution in [2.45, 2.75) is 20.0 Å². The molecule has 3 aromatic rings. The Morgan fingerprint density at radius 3 is 2.61 bits per heavy atom. The summed E-state index contributed by atoms with van der Waals surface area (Å²) in [5, 5.41) is 0. The molecule has 144 valence electrons. The summed E-state index contributed by atoms with van der Waals surface area (Å²) in [5.41, 5.74) is 0.945. The number of hydrogen-bond donors (Lipinski definition) is 0. The van der Waals surface area contributed by atoms with E-state index < -0.39 is 0 Å². The lowest BCUT2D eigenvalue weighted by atomic mass is 10.2. The second-order valence-electron chi connectivity index (χ2n) is 6.55. The van der Waals surface area contributed by atoms with Crippen LogP contribution in [0.5, 0.6) is 17.2 Å². The van der Waals surface area contributed by atoms with Crippen LogP contribution in [-0.4, -0.2) is 24.2 Å². The summed E-state index contributed by atoms with van der Waals surface area (Å²) >= 11 is 0. The third-order valence-electron chi connectivity index (χ3n) is 4.41. The maximum absolute atomic E-state index is 12.9. The Labute approximate surface area is 163 Å². The second-order valence-corrected chi connectivity index (χ2v) is 6.55. The number of rotatable bonds is 7. The molecule has 6 nitrogen and oxygen atoms in total. The van der Waals surface area contributed by atoms with Gasteiger partial charge in [-0.1, -0.05) is 24.3 Å². The molecule has 2 aromatic carbocycles.